The van der Waals surface area contributed by atoms with Crippen LogP contribution in [-0.2, 0) is 39.8 Å². The van der Waals surface area contributed by atoms with Crippen LogP contribution in [0.15, 0.2) is 48.5 Å². The van der Waals surface area contributed by atoms with Gasteiger partial charge < -0.3 is 20.3 Å². The second kappa shape index (κ2) is 11.6. The van der Waals surface area contributed by atoms with Gasteiger partial charge in [-0.15, -0.1) is 0 Å². The molecule has 2 aromatic rings. The molecule has 0 aliphatic carbocycles. The number of ether oxygens (including phenoxy) is 1. The Morgan fingerprint density at radius 2 is 1.54 bits per heavy atom. The van der Waals surface area contributed by atoms with E-state index in [9.17, 15) is 40.7 Å². The number of nitrogens with two attached hydrogens (primary N) is 1. The molecule has 2 fully saturated rings. The monoisotopic (exact) mass is 586 g/mol. The zero-order chi connectivity index (χ0) is 30.1. The maximum Gasteiger partial charge on any atom is 0.416 e. The minimum Gasteiger partial charge on any atom is -0.444 e. The number of rotatable bonds is 6. The number of nitrogens with zero attached hydrogens (tertiary/aromatic N) is 3. The molecule has 41 heavy (non-hydrogen) atoms. The predicted octanol–water partition coefficient (Wildman–Crippen LogP) is 4.23. The summed E-state index contributed by atoms with van der Waals surface area (Å²) in [5.41, 5.74) is 3.11. The highest BCUT2D eigenvalue weighted by atomic mass is 19.4. The Morgan fingerprint density at radius 3 is 2.07 bits per heavy atom. The molecule has 222 valence electrons. The SMILES string of the molecule is CC[C@@H]1CN(C(=O)OCc2cc(C(F)(F)F)cc(C(F)(F)F)c2)[C@H]2CN(Cc3ccccc3)C(=O)[C@H](CN)N2C1=O. The molecule has 2 N–H and O–H groups in total. The Bertz CT molecular complexity index is 1250. The van der Waals surface area contributed by atoms with Gasteiger partial charge in [0.25, 0.3) is 0 Å². The number of halogens is 6. The molecule has 2 aliphatic rings. The van der Waals surface area contributed by atoms with Gasteiger partial charge in [0.2, 0.25) is 11.8 Å². The Kier molecular flexibility index (Phi) is 8.52. The second-order valence-electron chi connectivity index (χ2n) is 9.91. The van der Waals surface area contributed by atoms with E-state index in [1.807, 2.05) is 0 Å². The van der Waals surface area contributed by atoms with Crippen LogP contribution in [0.2, 0.25) is 0 Å². The van der Waals surface area contributed by atoms with Crippen LogP contribution in [0.5, 0.6) is 0 Å². The van der Waals surface area contributed by atoms with Crippen molar-refractivity contribution in [2.24, 2.45) is 11.7 Å². The Hall–Kier alpha value is -3.81. The first-order valence-corrected chi connectivity index (χ1v) is 12.8. The van der Waals surface area contributed by atoms with Gasteiger partial charge in [-0.1, -0.05) is 37.3 Å². The van der Waals surface area contributed by atoms with E-state index >= 15 is 0 Å². The zero-order valence-corrected chi connectivity index (χ0v) is 21.9. The van der Waals surface area contributed by atoms with Gasteiger partial charge in [0.1, 0.15) is 18.8 Å². The zero-order valence-electron chi connectivity index (χ0n) is 21.9. The summed E-state index contributed by atoms with van der Waals surface area (Å²) in [5, 5.41) is 0. The minimum absolute atomic E-state index is 0.0153. The van der Waals surface area contributed by atoms with Crippen LogP contribution in [0.25, 0.3) is 0 Å². The van der Waals surface area contributed by atoms with Crippen LogP contribution >= 0.6 is 0 Å². The maximum absolute atomic E-state index is 13.3. The van der Waals surface area contributed by atoms with Crippen molar-refractivity contribution in [3.63, 3.8) is 0 Å². The second-order valence-corrected chi connectivity index (χ2v) is 9.91. The standard InChI is InChI=1S/C27H28F6N4O4/c1-2-18-13-36(25(40)41-15-17-8-19(26(28,29)30)10-20(9-17)27(31,32)33)22-14-35(12-16-6-4-3-5-7-16)24(39)21(11-34)37(22)23(18)38/h3-10,18,21-22H,2,11-15,34H2,1H3/t18-,21+,22-/m1/s1. The van der Waals surface area contributed by atoms with E-state index in [1.165, 1.54) is 14.7 Å². The average Bonchev–Trinajstić information content (AvgIpc) is 2.92. The number of carbonyl (C=O) groups excluding carboxylic acids is 3. The molecule has 2 aliphatic heterocycles. The number of fused-ring (bicyclic) bond motifs is 1. The molecular formula is C27H28F6N4O4. The third-order valence-electron chi connectivity index (χ3n) is 7.19. The molecule has 2 aromatic carbocycles. The average molecular weight is 587 g/mol. The molecule has 3 amide bonds. The van der Waals surface area contributed by atoms with Crippen LogP contribution in [-0.4, -0.2) is 64.4 Å². The number of piperazine rings is 1. The third-order valence-corrected chi connectivity index (χ3v) is 7.19. The predicted molar refractivity (Wildman–Crippen MR) is 132 cm³/mol. The van der Waals surface area contributed by atoms with Gasteiger partial charge in [-0.2, -0.15) is 26.3 Å². The summed E-state index contributed by atoms with van der Waals surface area (Å²) in [4.78, 5) is 43.8. The summed E-state index contributed by atoms with van der Waals surface area (Å²) >= 11 is 0. The van der Waals surface area contributed by atoms with E-state index in [2.05, 4.69) is 0 Å². The fraction of sp³-hybridized carbons (Fsp3) is 0.444. The molecule has 2 heterocycles. The van der Waals surface area contributed by atoms with Crippen LogP contribution in [0.1, 0.15) is 35.6 Å². The van der Waals surface area contributed by atoms with Gasteiger partial charge in [0.15, 0.2) is 0 Å². The number of carbonyl (C=O) groups is 3. The number of alkyl halides is 6. The number of hydrogen-bond donors (Lipinski definition) is 1. The van der Waals surface area contributed by atoms with Gasteiger partial charge in [-0.25, -0.2) is 4.79 Å². The van der Waals surface area contributed by atoms with Crippen molar-refractivity contribution in [3.05, 3.63) is 70.8 Å². The first-order chi connectivity index (χ1) is 19.2. The Labute approximate surface area is 231 Å². The molecule has 0 bridgehead atoms. The topological polar surface area (TPSA) is 96.2 Å². The minimum atomic E-state index is -5.06. The highest BCUT2D eigenvalue weighted by Gasteiger charge is 2.51. The highest BCUT2D eigenvalue weighted by Crippen LogP contribution is 2.37. The van der Waals surface area contributed by atoms with E-state index in [1.54, 1.807) is 37.3 Å². The van der Waals surface area contributed by atoms with Crippen LogP contribution < -0.4 is 5.73 Å². The summed E-state index contributed by atoms with van der Waals surface area (Å²) in [6.07, 6.45) is -11.9. The van der Waals surface area contributed by atoms with E-state index in [-0.39, 0.29) is 38.2 Å². The summed E-state index contributed by atoms with van der Waals surface area (Å²) < 4.78 is 84.8. The molecule has 2 saturated heterocycles. The van der Waals surface area contributed by atoms with Crippen molar-refractivity contribution in [2.45, 2.75) is 51.1 Å². The van der Waals surface area contributed by atoms with E-state index in [0.717, 1.165) is 5.56 Å². The van der Waals surface area contributed by atoms with Gasteiger partial charge in [-0.05, 0) is 35.7 Å². The first-order valence-electron chi connectivity index (χ1n) is 12.8. The molecule has 8 nitrogen and oxygen atoms in total. The van der Waals surface area contributed by atoms with Gasteiger partial charge in [0, 0.05) is 19.6 Å². The summed E-state index contributed by atoms with van der Waals surface area (Å²) in [7, 11) is 0. The van der Waals surface area contributed by atoms with E-state index < -0.39 is 65.8 Å². The van der Waals surface area contributed by atoms with Crippen molar-refractivity contribution in [1.29, 1.82) is 0 Å². The lowest BCUT2D eigenvalue weighted by atomic mass is 9.95. The largest absolute Gasteiger partial charge is 0.444 e. The van der Waals surface area contributed by atoms with Gasteiger partial charge in [-0.3, -0.25) is 14.5 Å². The molecule has 0 radical (unpaired) electrons. The van der Waals surface area contributed by atoms with Gasteiger partial charge >= 0.3 is 18.4 Å². The van der Waals surface area contributed by atoms with Crippen molar-refractivity contribution in [1.82, 2.24) is 14.7 Å². The fourth-order valence-electron chi connectivity index (χ4n) is 5.10. The molecule has 0 spiro atoms. The smallest absolute Gasteiger partial charge is 0.416 e. The lowest BCUT2D eigenvalue weighted by molar-refractivity contribution is -0.172. The van der Waals surface area contributed by atoms with E-state index in [0.29, 0.717) is 18.6 Å². The van der Waals surface area contributed by atoms with Crippen molar-refractivity contribution in [3.8, 4) is 0 Å². The molecule has 3 atom stereocenters. The van der Waals surface area contributed by atoms with E-state index in [4.69, 9.17) is 10.5 Å². The highest BCUT2D eigenvalue weighted by molar-refractivity contribution is 5.91. The molecule has 0 saturated carbocycles. The lowest BCUT2D eigenvalue weighted by Gasteiger charge is -2.53. The third kappa shape index (κ3) is 6.42. The molecule has 0 unspecified atom stereocenters. The number of amides is 3. The Balaban J connectivity index is 1.61. The van der Waals surface area contributed by atoms with Gasteiger partial charge in [0.05, 0.1) is 23.6 Å². The fourth-order valence-corrected chi connectivity index (χ4v) is 5.10. The lowest BCUT2D eigenvalue weighted by Crippen LogP contribution is -2.74. The quantitative estimate of drug-likeness (QED) is 0.512. The maximum atomic E-state index is 13.3. The summed E-state index contributed by atoms with van der Waals surface area (Å²) in [6.45, 7) is 0.556. The van der Waals surface area contributed by atoms with Crippen molar-refractivity contribution in [2.75, 3.05) is 19.6 Å². The normalized spacial score (nSPS) is 21.7. The first kappa shape index (κ1) is 30.2. The van der Waals surface area contributed by atoms with Crippen LogP contribution in [0, 0.1) is 5.92 Å². The van der Waals surface area contributed by atoms with Crippen molar-refractivity contribution >= 4 is 17.9 Å². The van der Waals surface area contributed by atoms with Crippen molar-refractivity contribution < 1.29 is 45.5 Å². The molecule has 14 heteroatoms. The summed E-state index contributed by atoms with van der Waals surface area (Å²) in [5.74, 6) is -1.50. The Morgan fingerprint density at radius 1 is 0.927 bits per heavy atom. The van der Waals surface area contributed by atoms with Crippen LogP contribution in [0.4, 0.5) is 31.1 Å². The summed E-state index contributed by atoms with van der Waals surface area (Å²) in [6, 6.07) is 8.84. The molecule has 4 rings (SSSR count). The number of benzene rings is 2. The molecular weight excluding hydrogens is 558 g/mol. The van der Waals surface area contributed by atoms with Crippen LogP contribution in [0.3, 0.4) is 0 Å². The molecule has 0 aromatic heterocycles. The number of hydrogen-bond acceptors (Lipinski definition) is 5.